The highest BCUT2D eigenvalue weighted by molar-refractivity contribution is 5.73. The van der Waals surface area contributed by atoms with E-state index in [0.717, 1.165) is 41.4 Å². The molecule has 0 aliphatic heterocycles. The van der Waals surface area contributed by atoms with E-state index in [4.69, 9.17) is 4.98 Å². The van der Waals surface area contributed by atoms with Crippen molar-refractivity contribution in [3.05, 3.63) is 35.7 Å². The van der Waals surface area contributed by atoms with Crippen molar-refractivity contribution in [2.45, 2.75) is 27.2 Å². The lowest BCUT2D eigenvalue weighted by molar-refractivity contribution is 0.953. The molecule has 0 unspecified atom stereocenters. The van der Waals surface area contributed by atoms with Gasteiger partial charge in [-0.25, -0.2) is 9.97 Å². The molecule has 1 aromatic carbocycles. The Morgan fingerprint density at radius 3 is 2.19 bits per heavy atom. The van der Waals surface area contributed by atoms with Gasteiger partial charge >= 0.3 is 0 Å². The van der Waals surface area contributed by atoms with Crippen LogP contribution in [-0.4, -0.2) is 30.6 Å². The number of hydrogen-bond acceptors (Lipinski definition) is 4. The Balaban J connectivity index is 2.43. The summed E-state index contributed by atoms with van der Waals surface area (Å²) in [6, 6.07) is 8.42. The molecule has 0 atom stereocenters. The van der Waals surface area contributed by atoms with Crippen LogP contribution in [0.5, 0.6) is 0 Å². The van der Waals surface area contributed by atoms with Crippen LogP contribution in [0.1, 0.15) is 24.7 Å². The Morgan fingerprint density at radius 2 is 1.62 bits per heavy atom. The minimum Gasteiger partial charge on any atom is -0.378 e. The lowest BCUT2D eigenvalue weighted by atomic mass is 10.1. The Morgan fingerprint density at radius 1 is 1.00 bits per heavy atom. The second kappa shape index (κ2) is 6.57. The van der Waals surface area contributed by atoms with E-state index in [9.17, 15) is 0 Å². The molecule has 0 saturated carbocycles. The molecule has 112 valence electrons. The van der Waals surface area contributed by atoms with Gasteiger partial charge in [0.25, 0.3) is 0 Å². The number of nitrogens with zero attached hydrogens (tertiary/aromatic N) is 3. The van der Waals surface area contributed by atoms with Crippen LogP contribution in [0.4, 0.5) is 11.5 Å². The van der Waals surface area contributed by atoms with Gasteiger partial charge in [0.2, 0.25) is 0 Å². The molecule has 0 bridgehead atoms. The quantitative estimate of drug-likeness (QED) is 0.910. The lowest BCUT2D eigenvalue weighted by Crippen LogP contribution is -2.09. The number of nitrogens with one attached hydrogen (secondary N) is 1. The summed E-state index contributed by atoms with van der Waals surface area (Å²) in [5, 5.41) is 3.38. The van der Waals surface area contributed by atoms with Crippen LogP contribution in [0.25, 0.3) is 11.3 Å². The van der Waals surface area contributed by atoms with Crippen molar-refractivity contribution in [2.75, 3.05) is 30.9 Å². The van der Waals surface area contributed by atoms with Gasteiger partial charge in [-0.2, -0.15) is 0 Å². The summed E-state index contributed by atoms with van der Waals surface area (Å²) in [7, 11) is 4.08. The zero-order valence-corrected chi connectivity index (χ0v) is 13.6. The minimum atomic E-state index is 0.873. The first-order valence-electron chi connectivity index (χ1n) is 7.39. The van der Waals surface area contributed by atoms with E-state index in [1.54, 1.807) is 0 Å². The molecule has 0 radical (unpaired) electrons. The van der Waals surface area contributed by atoms with Crippen molar-refractivity contribution in [2.24, 2.45) is 0 Å². The highest BCUT2D eigenvalue weighted by Gasteiger charge is 2.11. The minimum absolute atomic E-state index is 0.873. The molecule has 0 amide bonds. The normalized spacial score (nSPS) is 10.5. The maximum atomic E-state index is 4.73. The van der Waals surface area contributed by atoms with E-state index >= 15 is 0 Å². The number of anilines is 2. The standard InChI is InChI=1S/C17H24N4/c1-6-11-18-17-16(19-12(2)13(3)20-17)14-7-9-15(10-8-14)21(4)5/h7-10H,6,11H2,1-5H3,(H,18,20). The van der Waals surface area contributed by atoms with Crippen molar-refractivity contribution < 1.29 is 0 Å². The molecular formula is C17H24N4. The van der Waals surface area contributed by atoms with Crippen LogP contribution < -0.4 is 10.2 Å². The molecule has 1 aromatic heterocycles. The van der Waals surface area contributed by atoms with Gasteiger partial charge < -0.3 is 10.2 Å². The van der Waals surface area contributed by atoms with Gasteiger partial charge in [-0.1, -0.05) is 19.1 Å². The predicted molar refractivity (Wildman–Crippen MR) is 90.0 cm³/mol. The van der Waals surface area contributed by atoms with Crippen LogP contribution in [0.15, 0.2) is 24.3 Å². The van der Waals surface area contributed by atoms with E-state index in [1.165, 1.54) is 5.69 Å². The van der Waals surface area contributed by atoms with Crippen LogP contribution in [0, 0.1) is 13.8 Å². The Bertz CT molecular complexity index is 603. The second-order valence-electron chi connectivity index (χ2n) is 5.46. The van der Waals surface area contributed by atoms with Crippen LogP contribution in [0.2, 0.25) is 0 Å². The van der Waals surface area contributed by atoms with Crippen molar-refractivity contribution in [3.63, 3.8) is 0 Å². The molecule has 4 heteroatoms. The molecule has 0 saturated heterocycles. The fraction of sp³-hybridized carbons (Fsp3) is 0.412. The van der Waals surface area contributed by atoms with Crippen molar-refractivity contribution in [1.82, 2.24) is 9.97 Å². The van der Waals surface area contributed by atoms with E-state index in [2.05, 4.69) is 46.4 Å². The average Bonchev–Trinajstić information content (AvgIpc) is 2.48. The van der Waals surface area contributed by atoms with Gasteiger partial charge in [0.1, 0.15) is 5.69 Å². The Hall–Kier alpha value is -2.10. The summed E-state index contributed by atoms with van der Waals surface area (Å²) in [6.45, 7) is 7.05. The number of hydrogen-bond donors (Lipinski definition) is 1. The van der Waals surface area contributed by atoms with Gasteiger partial charge in [0, 0.05) is 31.9 Å². The maximum absolute atomic E-state index is 4.73. The van der Waals surface area contributed by atoms with Gasteiger partial charge in [-0.05, 0) is 32.4 Å². The molecular weight excluding hydrogens is 260 g/mol. The summed E-state index contributed by atoms with van der Waals surface area (Å²) < 4.78 is 0. The number of benzene rings is 1. The van der Waals surface area contributed by atoms with Gasteiger partial charge in [0.05, 0.1) is 11.4 Å². The molecule has 0 aliphatic carbocycles. The van der Waals surface area contributed by atoms with E-state index in [0.29, 0.717) is 0 Å². The first kappa shape index (κ1) is 15.3. The smallest absolute Gasteiger partial charge is 0.152 e. The SMILES string of the molecule is CCCNc1nc(C)c(C)nc1-c1ccc(N(C)C)cc1. The van der Waals surface area contributed by atoms with Crippen LogP contribution in [0.3, 0.4) is 0 Å². The van der Waals surface area contributed by atoms with Crippen LogP contribution in [-0.2, 0) is 0 Å². The fourth-order valence-electron chi connectivity index (χ4n) is 2.09. The van der Waals surface area contributed by atoms with Gasteiger partial charge in [-0.3, -0.25) is 0 Å². The highest BCUT2D eigenvalue weighted by atomic mass is 15.1. The molecule has 1 N–H and O–H groups in total. The second-order valence-corrected chi connectivity index (χ2v) is 5.46. The summed E-state index contributed by atoms with van der Waals surface area (Å²) in [4.78, 5) is 11.5. The van der Waals surface area contributed by atoms with E-state index in [1.807, 2.05) is 27.9 Å². The first-order chi connectivity index (χ1) is 10.0. The monoisotopic (exact) mass is 284 g/mol. The largest absolute Gasteiger partial charge is 0.378 e. The predicted octanol–water partition coefficient (Wildman–Crippen LogP) is 3.65. The summed E-state index contributed by atoms with van der Waals surface area (Å²) in [5.74, 6) is 0.873. The third kappa shape index (κ3) is 3.51. The Kier molecular flexibility index (Phi) is 4.78. The zero-order chi connectivity index (χ0) is 15.4. The summed E-state index contributed by atoms with van der Waals surface area (Å²) in [6.07, 6.45) is 1.06. The summed E-state index contributed by atoms with van der Waals surface area (Å²) in [5.41, 5.74) is 5.15. The topological polar surface area (TPSA) is 41.1 Å². The molecule has 1 heterocycles. The molecule has 2 rings (SSSR count). The lowest BCUT2D eigenvalue weighted by Gasteiger charge is -2.15. The van der Waals surface area contributed by atoms with E-state index in [-0.39, 0.29) is 0 Å². The number of aromatic nitrogens is 2. The molecule has 0 aliphatic rings. The van der Waals surface area contributed by atoms with Crippen molar-refractivity contribution in [3.8, 4) is 11.3 Å². The fourth-order valence-corrected chi connectivity index (χ4v) is 2.09. The molecule has 0 fully saturated rings. The molecule has 21 heavy (non-hydrogen) atoms. The Labute approximate surface area is 127 Å². The third-order valence-electron chi connectivity index (χ3n) is 3.51. The third-order valence-corrected chi connectivity index (χ3v) is 3.51. The number of aryl methyl sites for hydroxylation is 2. The van der Waals surface area contributed by atoms with Gasteiger partial charge in [-0.15, -0.1) is 0 Å². The first-order valence-corrected chi connectivity index (χ1v) is 7.39. The highest BCUT2D eigenvalue weighted by Crippen LogP contribution is 2.27. The summed E-state index contributed by atoms with van der Waals surface area (Å²) >= 11 is 0. The maximum Gasteiger partial charge on any atom is 0.152 e. The molecule has 0 spiro atoms. The molecule has 4 nitrogen and oxygen atoms in total. The van der Waals surface area contributed by atoms with E-state index < -0.39 is 0 Å². The van der Waals surface area contributed by atoms with Crippen molar-refractivity contribution in [1.29, 1.82) is 0 Å². The zero-order valence-electron chi connectivity index (χ0n) is 13.6. The van der Waals surface area contributed by atoms with Gasteiger partial charge in [0.15, 0.2) is 5.82 Å². The van der Waals surface area contributed by atoms with Crippen LogP contribution >= 0.6 is 0 Å². The molecule has 2 aromatic rings. The van der Waals surface area contributed by atoms with Crippen molar-refractivity contribution >= 4 is 11.5 Å². The number of rotatable bonds is 5. The average molecular weight is 284 g/mol.